The summed E-state index contributed by atoms with van der Waals surface area (Å²) in [6, 6.07) is 30.7. The first-order valence-electron chi connectivity index (χ1n) is 13.2. The predicted octanol–water partition coefficient (Wildman–Crippen LogP) is 6.01. The molecule has 0 amide bonds. The fourth-order valence-electron chi connectivity index (χ4n) is 6.18. The van der Waals surface area contributed by atoms with Crippen molar-refractivity contribution in [2.75, 3.05) is 14.2 Å². The molecule has 1 aliphatic carbocycles. The van der Waals surface area contributed by atoms with Gasteiger partial charge in [-0.1, -0.05) is 72.8 Å². The molecular weight excluding hydrogens is 506 g/mol. The maximum absolute atomic E-state index is 14.5. The highest BCUT2D eigenvalue weighted by atomic mass is 16.6. The van der Waals surface area contributed by atoms with Crippen LogP contribution < -0.4 is 9.47 Å². The van der Waals surface area contributed by atoms with Gasteiger partial charge in [-0.15, -0.1) is 0 Å². The van der Waals surface area contributed by atoms with Crippen LogP contribution in [0.25, 0.3) is 0 Å². The molecule has 5 rings (SSSR count). The number of nitrogens with zero attached hydrogens (tertiary/aromatic N) is 1. The van der Waals surface area contributed by atoms with Gasteiger partial charge in [0.15, 0.2) is 5.78 Å². The van der Waals surface area contributed by atoms with Crippen LogP contribution in [0.5, 0.6) is 11.5 Å². The van der Waals surface area contributed by atoms with Crippen LogP contribution in [0.3, 0.4) is 0 Å². The topological polar surface area (TPSA) is 98.9 Å². The summed E-state index contributed by atoms with van der Waals surface area (Å²) in [6.07, 6.45) is -0.00904. The van der Waals surface area contributed by atoms with E-state index in [0.717, 1.165) is 5.56 Å². The number of rotatable bonds is 8. The molecule has 0 saturated heterocycles. The van der Waals surface area contributed by atoms with Gasteiger partial charge >= 0.3 is 0 Å². The molecule has 0 bridgehead atoms. The van der Waals surface area contributed by atoms with Gasteiger partial charge in [-0.05, 0) is 59.5 Å². The van der Waals surface area contributed by atoms with Crippen LogP contribution in [0.15, 0.2) is 109 Å². The van der Waals surface area contributed by atoms with Crippen molar-refractivity contribution in [3.63, 3.8) is 0 Å². The van der Waals surface area contributed by atoms with Crippen molar-refractivity contribution in [3.8, 4) is 11.5 Å². The first-order chi connectivity index (χ1) is 19.4. The summed E-state index contributed by atoms with van der Waals surface area (Å²) in [5.41, 5.74) is 0.496. The van der Waals surface area contributed by atoms with E-state index in [4.69, 9.17) is 9.47 Å². The van der Waals surface area contributed by atoms with Gasteiger partial charge in [0, 0.05) is 10.5 Å². The van der Waals surface area contributed by atoms with E-state index in [2.05, 4.69) is 0 Å². The second-order valence-corrected chi connectivity index (χ2v) is 10.2. The molecule has 4 aromatic rings. The molecule has 1 N–H and O–H groups in total. The van der Waals surface area contributed by atoms with Crippen molar-refractivity contribution in [1.29, 1.82) is 0 Å². The highest BCUT2D eigenvalue weighted by Crippen LogP contribution is 2.55. The minimum atomic E-state index is -1.73. The second kappa shape index (κ2) is 11.3. The van der Waals surface area contributed by atoms with Crippen molar-refractivity contribution in [1.82, 2.24) is 0 Å². The minimum absolute atomic E-state index is 0.00904. The average Bonchev–Trinajstić information content (AvgIpc) is 3.01. The molecule has 40 heavy (non-hydrogen) atoms. The highest BCUT2D eigenvalue weighted by molar-refractivity contribution is 5.99. The zero-order valence-corrected chi connectivity index (χ0v) is 22.3. The molecule has 1 fully saturated rings. The molecule has 5 atom stereocenters. The molecule has 4 aromatic carbocycles. The Hall–Kier alpha value is -4.49. The van der Waals surface area contributed by atoms with Crippen molar-refractivity contribution in [2.45, 2.75) is 29.9 Å². The smallest absolute Gasteiger partial charge is 0.227 e. The number of carbonyl (C=O) groups excluding carboxylic acids is 1. The van der Waals surface area contributed by atoms with Gasteiger partial charge in [0.05, 0.1) is 32.0 Å². The lowest BCUT2D eigenvalue weighted by atomic mass is 9.56. The number of benzene rings is 4. The van der Waals surface area contributed by atoms with Crippen LogP contribution in [0.4, 0.5) is 0 Å². The van der Waals surface area contributed by atoms with Gasteiger partial charge in [0.1, 0.15) is 17.1 Å². The van der Waals surface area contributed by atoms with Gasteiger partial charge < -0.3 is 14.6 Å². The van der Waals surface area contributed by atoms with E-state index in [9.17, 15) is 20.0 Å². The van der Waals surface area contributed by atoms with E-state index in [1.807, 2.05) is 36.4 Å². The third-order valence-electron chi connectivity index (χ3n) is 8.09. The summed E-state index contributed by atoms with van der Waals surface area (Å²) in [7, 11) is 3.09. The molecule has 1 saturated carbocycles. The minimum Gasteiger partial charge on any atom is -0.497 e. The summed E-state index contributed by atoms with van der Waals surface area (Å²) in [5.74, 6) is -1.91. The Bertz CT molecular complexity index is 1460. The summed E-state index contributed by atoms with van der Waals surface area (Å²) in [6.45, 7) is 0. The second-order valence-electron chi connectivity index (χ2n) is 10.2. The largest absolute Gasteiger partial charge is 0.497 e. The third-order valence-corrected chi connectivity index (χ3v) is 8.09. The van der Waals surface area contributed by atoms with Gasteiger partial charge in [0.2, 0.25) is 6.04 Å². The van der Waals surface area contributed by atoms with Crippen LogP contribution in [0, 0.1) is 16.0 Å². The fraction of sp³-hybridized carbons (Fsp3) is 0.242. The monoisotopic (exact) mass is 537 g/mol. The average molecular weight is 538 g/mol. The molecule has 7 heteroatoms. The zero-order chi connectivity index (χ0) is 28.3. The van der Waals surface area contributed by atoms with E-state index in [-0.39, 0.29) is 17.1 Å². The number of ketones is 1. The number of ether oxygens (including phenoxy) is 2. The molecular formula is C33H31NO6. The zero-order valence-electron chi connectivity index (χ0n) is 22.3. The van der Waals surface area contributed by atoms with E-state index < -0.39 is 29.4 Å². The molecule has 0 aromatic heterocycles. The molecule has 7 nitrogen and oxygen atoms in total. The Morgan fingerprint density at radius 3 is 1.80 bits per heavy atom. The number of Topliss-reactive ketones (excluding diaryl/α,β-unsaturated/α-hetero) is 1. The molecule has 0 spiro atoms. The normalized spacial score (nSPS) is 24.2. The molecule has 0 radical (unpaired) electrons. The molecule has 204 valence electrons. The highest BCUT2D eigenvalue weighted by Gasteiger charge is 2.61. The Morgan fingerprint density at radius 2 is 1.30 bits per heavy atom. The Labute approximate surface area is 233 Å². The fourth-order valence-corrected chi connectivity index (χ4v) is 6.18. The summed E-state index contributed by atoms with van der Waals surface area (Å²) >= 11 is 0. The van der Waals surface area contributed by atoms with E-state index in [1.165, 1.54) is 7.11 Å². The predicted molar refractivity (Wildman–Crippen MR) is 151 cm³/mol. The molecule has 1 aliphatic rings. The Balaban J connectivity index is 1.76. The summed E-state index contributed by atoms with van der Waals surface area (Å²) in [5, 5.41) is 25.7. The molecule has 5 unspecified atom stereocenters. The molecule has 0 heterocycles. The molecule has 0 aliphatic heterocycles. The van der Waals surface area contributed by atoms with Gasteiger partial charge in [-0.25, -0.2) is 0 Å². The number of methoxy groups -OCH3 is 2. The standard InChI is InChI=1S/C33H31NO6/c1-39-26-17-13-24(14-18-26)32(35)30-29(23-11-7-4-8-12-23)31(34(37)38)28(22-9-5-3-6-10-22)21-33(30,36)25-15-19-27(40-2)20-16-25/h3-20,28-31,36H,21H2,1-2H3. The Morgan fingerprint density at radius 1 is 0.800 bits per heavy atom. The number of hydrogen-bond donors (Lipinski definition) is 1. The first-order valence-corrected chi connectivity index (χ1v) is 13.2. The SMILES string of the molecule is COc1ccc(C(=O)C2C(c3ccccc3)C([N+](=O)[O-])C(c3ccccc3)CC2(O)c2ccc(OC)cc2)cc1. The van der Waals surface area contributed by atoms with Crippen LogP contribution in [-0.4, -0.2) is 36.1 Å². The number of hydrogen-bond acceptors (Lipinski definition) is 6. The number of aliphatic hydroxyl groups is 1. The van der Waals surface area contributed by atoms with Crippen molar-refractivity contribution < 1.29 is 24.3 Å². The lowest BCUT2D eigenvalue weighted by Gasteiger charge is -2.48. The Kier molecular flexibility index (Phi) is 7.67. The van der Waals surface area contributed by atoms with Crippen LogP contribution in [-0.2, 0) is 5.60 Å². The summed E-state index contributed by atoms with van der Waals surface area (Å²) in [4.78, 5) is 27.1. The van der Waals surface area contributed by atoms with Crippen LogP contribution in [0.2, 0.25) is 0 Å². The van der Waals surface area contributed by atoms with E-state index in [0.29, 0.717) is 28.2 Å². The quantitative estimate of drug-likeness (QED) is 0.168. The third kappa shape index (κ3) is 4.96. The van der Waals surface area contributed by atoms with E-state index in [1.54, 1.807) is 79.9 Å². The van der Waals surface area contributed by atoms with Crippen LogP contribution in [0.1, 0.15) is 45.3 Å². The maximum atomic E-state index is 14.5. The van der Waals surface area contributed by atoms with Crippen molar-refractivity contribution in [3.05, 3.63) is 142 Å². The van der Waals surface area contributed by atoms with Gasteiger partial charge in [0.25, 0.3) is 0 Å². The lowest BCUT2D eigenvalue weighted by Crippen LogP contribution is -2.55. The van der Waals surface area contributed by atoms with Gasteiger partial charge in [-0.3, -0.25) is 14.9 Å². The van der Waals surface area contributed by atoms with Crippen LogP contribution >= 0.6 is 0 Å². The lowest BCUT2D eigenvalue weighted by molar-refractivity contribution is -0.538. The first kappa shape index (κ1) is 27.1. The van der Waals surface area contributed by atoms with Crippen molar-refractivity contribution in [2.24, 2.45) is 5.92 Å². The van der Waals surface area contributed by atoms with E-state index >= 15 is 0 Å². The van der Waals surface area contributed by atoms with Gasteiger partial charge in [-0.2, -0.15) is 0 Å². The summed E-state index contributed by atoms with van der Waals surface area (Å²) < 4.78 is 10.6. The number of nitro groups is 1. The number of carbonyl (C=O) groups is 1. The van der Waals surface area contributed by atoms with Crippen molar-refractivity contribution >= 4 is 5.78 Å². The maximum Gasteiger partial charge on any atom is 0.227 e.